The van der Waals surface area contributed by atoms with Gasteiger partial charge in [-0.3, -0.25) is 0 Å². The van der Waals surface area contributed by atoms with E-state index in [1.165, 1.54) is 0 Å². The molecule has 15 heavy (non-hydrogen) atoms. The standard InChI is InChI=1S/C12H13N3/c1-9-7-14-12(15-8-9)11-5-3-2-4-10(11)6-13/h2-5,7-8H,6,13H2,1H3. The van der Waals surface area contributed by atoms with Gasteiger partial charge < -0.3 is 5.73 Å². The minimum absolute atomic E-state index is 0.507. The summed E-state index contributed by atoms with van der Waals surface area (Å²) in [7, 11) is 0. The first-order chi connectivity index (χ1) is 7.31. The van der Waals surface area contributed by atoms with Crippen LogP contribution in [0.4, 0.5) is 0 Å². The van der Waals surface area contributed by atoms with Gasteiger partial charge in [-0.2, -0.15) is 0 Å². The number of nitrogens with zero attached hydrogens (tertiary/aromatic N) is 2. The molecule has 76 valence electrons. The van der Waals surface area contributed by atoms with Crippen molar-refractivity contribution >= 4 is 0 Å². The van der Waals surface area contributed by atoms with Crippen molar-refractivity contribution in [1.82, 2.24) is 9.97 Å². The van der Waals surface area contributed by atoms with Gasteiger partial charge in [0.15, 0.2) is 5.82 Å². The highest BCUT2D eigenvalue weighted by Crippen LogP contribution is 2.18. The molecular weight excluding hydrogens is 186 g/mol. The molecule has 2 rings (SSSR count). The van der Waals surface area contributed by atoms with Gasteiger partial charge >= 0.3 is 0 Å². The second-order valence-electron chi connectivity index (χ2n) is 3.45. The number of hydrogen-bond acceptors (Lipinski definition) is 3. The van der Waals surface area contributed by atoms with Gasteiger partial charge in [0, 0.05) is 24.5 Å². The molecule has 1 aromatic carbocycles. The number of aryl methyl sites for hydroxylation is 1. The predicted molar refractivity (Wildman–Crippen MR) is 60.1 cm³/mol. The average Bonchev–Trinajstić information content (AvgIpc) is 2.30. The Morgan fingerprint density at radius 2 is 1.80 bits per heavy atom. The van der Waals surface area contributed by atoms with Gasteiger partial charge in [0.2, 0.25) is 0 Å². The third-order valence-electron chi connectivity index (χ3n) is 2.26. The summed E-state index contributed by atoms with van der Waals surface area (Å²) >= 11 is 0. The van der Waals surface area contributed by atoms with Gasteiger partial charge in [-0.25, -0.2) is 9.97 Å². The molecule has 3 nitrogen and oxygen atoms in total. The largest absolute Gasteiger partial charge is 0.326 e. The first-order valence-electron chi connectivity index (χ1n) is 4.88. The SMILES string of the molecule is Cc1cnc(-c2ccccc2CN)nc1. The van der Waals surface area contributed by atoms with Gasteiger partial charge in [0.1, 0.15) is 0 Å². The van der Waals surface area contributed by atoms with E-state index in [4.69, 9.17) is 5.73 Å². The van der Waals surface area contributed by atoms with Crippen LogP contribution in [-0.2, 0) is 6.54 Å². The normalized spacial score (nSPS) is 10.3. The molecule has 0 atom stereocenters. The maximum absolute atomic E-state index is 5.66. The fourth-order valence-corrected chi connectivity index (χ4v) is 1.45. The van der Waals surface area contributed by atoms with Crippen molar-refractivity contribution in [3.8, 4) is 11.4 Å². The van der Waals surface area contributed by atoms with Crippen molar-refractivity contribution in [1.29, 1.82) is 0 Å². The number of benzene rings is 1. The molecule has 0 amide bonds. The zero-order valence-electron chi connectivity index (χ0n) is 8.64. The van der Waals surface area contributed by atoms with E-state index < -0.39 is 0 Å². The van der Waals surface area contributed by atoms with Crippen LogP contribution in [0.5, 0.6) is 0 Å². The lowest BCUT2D eigenvalue weighted by atomic mass is 10.1. The molecule has 0 fully saturated rings. The van der Waals surface area contributed by atoms with Crippen LogP contribution >= 0.6 is 0 Å². The summed E-state index contributed by atoms with van der Waals surface area (Å²) in [4.78, 5) is 8.58. The van der Waals surface area contributed by atoms with Crippen molar-refractivity contribution in [2.75, 3.05) is 0 Å². The second-order valence-corrected chi connectivity index (χ2v) is 3.45. The van der Waals surface area contributed by atoms with Crippen molar-refractivity contribution in [2.45, 2.75) is 13.5 Å². The lowest BCUT2D eigenvalue weighted by Gasteiger charge is -2.05. The fourth-order valence-electron chi connectivity index (χ4n) is 1.45. The van der Waals surface area contributed by atoms with E-state index in [0.717, 1.165) is 22.5 Å². The molecule has 1 aromatic heterocycles. The molecule has 2 N–H and O–H groups in total. The zero-order chi connectivity index (χ0) is 10.7. The van der Waals surface area contributed by atoms with E-state index in [-0.39, 0.29) is 0 Å². The van der Waals surface area contributed by atoms with Crippen LogP contribution in [0.15, 0.2) is 36.7 Å². The Morgan fingerprint density at radius 1 is 1.13 bits per heavy atom. The summed E-state index contributed by atoms with van der Waals surface area (Å²) in [5.41, 5.74) is 8.81. The number of nitrogens with two attached hydrogens (primary N) is 1. The van der Waals surface area contributed by atoms with E-state index in [0.29, 0.717) is 6.54 Å². The topological polar surface area (TPSA) is 51.8 Å². The molecule has 0 unspecified atom stereocenters. The molecule has 1 heterocycles. The first kappa shape index (κ1) is 9.80. The highest BCUT2D eigenvalue weighted by atomic mass is 14.9. The van der Waals surface area contributed by atoms with Crippen LogP contribution in [0, 0.1) is 6.92 Å². The Morgan fingerprint density at radius 3 is 2.47 bits per heavy atom. The second kappa shape index (κ2) is 4.19. The third-order valence-corrected chi connectivity index (χ3v) is 2.26. The summed E-state index contributed by atoms with van der Waals surface area (Å²) < 4.78 is 0. The molecule has 3 heteroatoms. The van der Waals surface area contributed by atoms with E-state index in [1.807, 2.05) is 43.6 Å². The quantitative estimate of drug-likeness (QED) is 0.803. The Kier molecular flexibility index (Phi) is 2.74. The molecule has 0 saturated carbocycles. The molecular formula is C12H13N3. The van der Waals surface area contributed by atoms with E-state index >= 15 is 0 Å². The molecule has 0 saturated heterocycles. The summed E-state index contributed by atoms with van der Waals surface area (Å²) in [5, 5.41) is 0. The van der Waals surface area contributed by atoms with Crippen molar-refractivity contribution in [3.63, 3.8) is 0 Å². The zero-order valence-corrected chi connectivity index (χ0v) is 8.64. The van der Waals surface area contributed by atoms with Crippen molar-refractivity contribution < 1.29 is 0 Å². The minimum Gasteiger partial charge on any atom is -0.326 e. The Labute approximate surface area is 89.0 Å². The van der Waals surface area contributed by atoms with Crippen LogP contribution < -0.4 is 5.73 Å². The predicted octanol–water partition coefficient (Wildman–Crippen LogP) is 1.91. The number of aromatic nitrogens is 2. The van der Waals surface area contributed by atoms with Gasteiger partial charge in [-0.05, 0) is 18.1 Å². The third kappa shape index (κ3) is 2.02. The number of rotatable bonds is 2. The minimum atomic E-state index is 0.507. The molecule has 0 aliphatic carbocycles. The van der Waals surface area contributed by atoms with Crippen LogP contribution in [0.1, 0.15) is 11.1 Å². The maximum Gasteiger partial charge on any atom is 0.159 e. The first-order valence-corrected chi connectivity index (χ1v) is 4.88. The Balaban J connectivity index is 2.49. The summed E-state index contributed by atoms with van der Waals surface area (Å²) in [6, 6.07) is 7.93. The van der Waals surface area contributed by atoms with Gasteiger partial charge in [0.05, 0.1) is 0 Å². The van der Waals surface area contributed by atoms with Crippen LogP contribution in [-0.4, -0.2) is 9.97 Å². The monoisotopic (exact) mass is 199 g/mol. The van der Waals surface area contributed by atoms with Gasteiger partial charge in [-0.15, -0.1) is 0 Å². The summed E-state index contributed by atoms with van der Waals surface area (Å²) in [5.74, 6) is 0.738. The summed E-state index contributed by atoms with van der Waals surface area (Å²) in [6.07, 6.45) is 3.63. The molecule has 0 bridgehead atoms. The van der Waals surface area contributed by atoms with Crippen LogP contribution in [0.2, 0.25) is 0 Å². The average molecular weight is 199 g/mol. The van der Waals surface area contributed by atoms with Crippen molar-refractivity contribution in [3.05, 3.63) is 47.8 Å². The van der Waals surface area contributed by atoms with Crippen LogP contribution in [0.25, 0.3) is 11.4 Å². The lowest BCUT2D eigenvalue weighted by Crippen LogP contribution is -2.00. The summed E-state index contributed by atoms with van der Waals surface area (Å²) in [6.45, 7) is 2.48. The molecule has 0 aliphatic heterocycles. The molecule has 0 aliphatic rings. The lowest BCUT2D eigenvalue weighted by molar-refractivity contribution is 1.05. The van der Waals surface area contributed by atoms with E-state index in [9.17, 15) is 0 Å². The molecule has 0 radical (unpaired) electrons. The Hall–Kier alpha value is -1.74. The van der Waals surface area contributed by atoms with Crippen LogP contribution in [0.3, 0.4) is 0 Å². The molecule has 0 spiro atoms. The fraction of sp³-hybridized carbons (Fsp3) is 0.167. The van der Waals surface area contributed by atoms with Crippen molar-refractivity contribution in [2.24, 2.45) is 5.73 Å². The maximum atomic E-state index is 5.66. The highest BCUT2D eigenvalue weighted by molar-refractivity contribution is 5.59. The molecule has 2 aromatic rings. The van der Waals surface area contributed by atoms with E-state index in [2.05, 4.69) is 9.97 Å². The smallest absolute Gasteiger partial charge is 0.159 e. The number of hydrogen-bond donors (Lipinski definition) is 1. The van der Waals surface area contributed by atoms with E-state index in [1.54, 1.807) is 0 Å². The van der Waals surface area contributed by atoms with Gasteiger partial charge in [-0.1, -0.05) is 24.3 Å². The highest BCUT2D eigenvalue weighted by Gasteiger charge is 2.04. The van der Waals surface area contributed by atoms with Gasteiger partial charge in [0.25, 0.3) is 0 Å². The Bertz CT molecular complexity index is 449.